The first-order valence-electron chi connectivity index (χ1n) is 5.21. The predicted molar refractivity (Wildman–Crippen MR) is 75.3 cm³/mol. The van der Waals surface area contributed by atoms with Crippen molar-refractivity contribution in [3.8, 4) is 5.75 Å². The van der Waals surface area contributed by atoms with Gasteiger partial charge in [0.2, 0.25) is 0 Å². The van der Waals surface area contributed by atoms with Gasteiger partial charge in [-0.3, -0.25) is 0 Å². The molecule has 0 saturated carbocycles. The molecule has 1 aromatic rings. The molecule has 0 amide bonds. The third-order valence-electron chi connectivity index (χ3n) is 2.34. The molecule has 0 radical (unpaired) electrons. The minimum atomic E-state index is 0.946. The summed E-state index contributed by atoms with van der Waals surface area (Å²) < 4.78 is 7.49. The fraction of sp³-hybridized carbons (Fsp3) is 0.500. The Hall–Kier alpha value is -0.0600. The van der Waals surface area contributed by atoms with Gasteiger partial charge in [-0.2, -0.15) is 0 Å². The number of methoxy groups -OCH3 is 1. The normalized spacial score (nSPS) is 10.9. The highest BCUT2D eigenvalue weighted by Gasteiger charge is 2.08. The van der Waals surface area contributed by atoms with E-state index in [0.29, 0.717) is 0 Å². The van der Waals surface area contributed by atoms with Gasteiger partial charge in [-0.15, -0.1) is 0 Å². The molecule has 2 nitrogen and oxygen atoms in total. The lowest BCUT2D eigenvalue weighted by Crippen LogP contribution is -2.13. The van der Waals surface area contributed by atoms with Crippen molar-refractivity contribution in [3.63, 3.8) is 0 Å². The highest BCUT2D eigenvalue weighted by Crippen LogP contribution is 2.33. The molecule has 0 heterocycles. The molecule has 0 aliphatic carbocycles. The zero-order valence-corrected chi connectivity index (χ0v) is 13.1. The molecule has 0 N–H and O–H groups in total. The molecule has 4 heteroatoms. The van der Waals surface area contributed by atoms with Crippen LogP contribution in [0.5, 0.6) is 5.75 Å². The summed E-state index contributed by atoms with van der Waals surface area (Å²) in [4.78, 5) is 2.19. The van der Waals surface area contributed by atoms with E-state index in [1.54, 1.807) is 7.11 Å². The smallest absolute Gasteiger partial charge is 0.136 e. The van der Waals surface area contributed by atoms with E-state index < -0.39 is 0 Å². The molecule has 1 aromatic carbocycles. The second-order valence-electron chi connectivity index (χ2n) is 3.99. The average molecular weight is 351 g/mol. The van der Waals surface area contributed by atoms with Gasteiger partial charge in [-0.1, -0.05) is 15.9 Å². The van der Waals surface area contributed by atoms with E-state index in [1.807, 2.05) is 6.07 Å². The molecule has 90 valence electrons. The first-order valence-corrected chi connectivity index (χ1v) is 6.80. The van der Waals surface area contributed by atoms with Crippen LogP contribution in [0.2, 0.25) is 0 Å². The topological polar surface area (TPSA) is 12.5 Å². The number of nitrogens with zero attached hydrogens (tertiary/aromatic N) is 1. The first-order chi connectivity index (χ1) is 7.54. The monoisotopic (exact) mass is 349 g/mol. The van der Waals surface area contributed by atoms with Crippen LogP contribution < -0.4 is 4.74 Å². The standard InChI is InChI=1S/C12H17Br2NO/c1-15(2)6-4-5-9-7-10(13)8-11(14)12(9)16-3/h7-8H,4-6H2,1-3H3. The van der Waals surface area contributed by atoms with Crippen molar-refractivity contribution in [2.45, 2.75) is 12.8 Å². The van der Waals surface area contributed by atoms with E-state index in [9.17, 15) is 0 Å². The third-order valence-corrected chi connectivity index (χ3v) is 3.39. The van der Waals surface area contributed by atoms with Crippen LogP contribution in [0.1, 0.15) is 12.0 Å². The number of hydrogen-bond donors (Lipinski definition) is 0. The van der Waals surface area contributed by atoms with Gasteiger partial charge in [-0.05, 0) is 67.1 Å². The number of hydrogen-bond acceptors (Lipinski definition) is 2. The zero-order valence-electron chi connectivity index (χ0n) is 9.89. The van der Waals surface area contributed by atoms with Crippen LogP contribution >= 0.6 is 31.9 Å². The predicted octanol–water partition coefficient (Wildman–Crippen LogP) is 3.71. The van der Waals surface area contributed by atoms with Crippen LogP contribution in [-0.4, -0.2) is 32.6 Å². The fourth-order valence-corrected chi connectivity index (χ4v) is 3.09. The van der Waals surface area contributed by atoms with E-state index in [2.05, 4.69) is 56.9 Å². The number of ether oxygens (including phenoxy) is 1. The van der Waals surface area contributed by atoms with Gasteiger partial charge in [-0.25, -0.2) is 0 Å². The molecule has 0 aliphatic rings. The Labute approximate surface area is 114 Å². The summed E-state index contributed by atoms with van der Waals surface area (Å²) in [7, 11) is 5.89. The molecule has 0 aromatic heterocycles. The summed E-state index contributed by atoms with van der Waals surface area (Å²) >= 11 is 7.01. The van der Waals surface area contributed by atoms with Crippen molar-refractivity contribution in [1.82, 2.24) is 4.90 Å². The van der Waals surface area contributed by atoms with E-state index in [1.165, 1.54) is 5.56 Å². The number of rotatable bonds is 5. The van der Waals surface area contributed by atoms with Gasteiger partial charge in [0.25, 0.3) is 0 Å². The van der Waals surface area contributed by atoms with Gasteiger partial charge < -0.3 is 9.64 Å². The molecule has 0 saturated heterocycles. The van der Waals surface area contributed by atoms with E-state index in [0.717, 1.165) is 34.1 Å². The van der Waals surface area contributed by atoms with Crippen LogP contribution in [0.15, 0.2) is 21.1 Å². The van der Waals surface area contributed by atoms with Crippen LogP contribution in [0, 0.1) is 0 Å². The maximum atomic E-state index is 5.41. The number of halogens is 2. The second kappa shape index (κ2) is 6.62. The molecule has 0 unspecified atom stereocenters. The molecule has 16 heavy (non-hydrogen) atoms. The van der Waals surface area contributed by atoms with Crippen molar-refractivity contribution in [2.24, 2.45) is 0 Å². The molecule has 0 bridgehead atoms. The van der Waals surface area contributed by atoms with Gasteiger partial charge in [0, 0.05) is 4.47 Å². The highest BCUT2D eigenvalue weighted by atomic mass is 79.9. The second-order valence-corrected chi connectivity index (χ2v) is 5.76. The van der Waals surface area contributed by atoms with Gasteiger partial charge in [0.15, 0.2) is 0 Å². The Morgan fingerprint density at radius 2 is 1.94 bits per heavy atom. The van der Waals surface area contributed by atoms with E-state index in [-0.39, 0.29) is 0 Å². The highest BCUT2D eigenvalue weighted by molar-refractivity contribution is 9.11. The molecular formula is C12H17Br2NO. The third kappa shape index (κ3) is 4.07. The van der Waals surface area contributed by atoms with Crippen LogP contribution in [0.25, 0.3) is 0 Å². The van der Waals surface area contributed by atoms with Gasteiger partial charge in [0.1, 0.15) is 5.75 Å². The lowest BCUT2D eigenvalue weighted by atomic mass is 10.1. The average Bonchev–Trinajstić information content (AvgIpc) is 2.16. The quantitative estimate of drug-likeness (QED) is 0.802. The summed E-state index contributed by atoms with van der Waals surface area (Å²) in [5.74, 6) is 0.946. The lowest BCUT2D eigenvalue weighted by molar-refractivity contribution is 0.390. The largest absolute Gasteiger partial charge is 0.495 e. The van der Waals surface area contributed by atoms with Crippen LogP contribution in [-0.2, 0) is 6.42 Å². The summed E-state index contributed by atoms with van der Waals surface area (Å²) in [5.41, 5.74) is 1.24. The molecule has 0 fully saturated rings. The zero-order chi connectivity index (χ0) is 12.1. The van der Waals surface area contributed by atoms with Crippen molar-refractivity contribution >= 4 is 31.9 Å². The van der Waals surface area contributed by atoms with Gasteiger partial charge >= 0.3 is 0 Å². The summed E-state index contributed by atoms with van der Waals surface area (Å²) in [6, 6.07) is 4.13. The SMILES string of the molecule is COc1c(Br)cc(Br)cc1CCCN(C)C. The minimum Gasteiger partial charge on any atom is -0.495 e. The maximum Gasteiger partial charge on any atom is 0.136 e. The van der Waals surface area contributed by atoms with Crippen molar-refractivity contribution in [2.75, 3.05) is 27.7 Å². The lowest BCUT2D eigenvalue weighted by Gasteiger charge is -2.13. The molecule has 1 rings (SSSR count). The summed E-state index contributed by atoms with van der Waals surface area (Å²) in [6.07, 6.45) is 2.16. The molecule has 0 spiro atoms. The molecular weight excluding hydrogens is 334 g/mol. The van der Waals surface area contributed by atoms with Crippen molar-refractivity contribution in [3.05, 3.63) is 26.6 Å². The van der Waals surface area contributed by atoms with E-state index in [4.69, 9.17) is 4.74 Å². The van der Waals surface area contributed by atoms with Crippen LogP contribution in [0.4, 0.5) is 0 Å². The van der Waals surface area contributed by atoms with Crippen LogP contribution in [0.3, 0.4) is 0 Å². The Kier molecular flexibility index (Phi) is 5.79. The van der Waals surface area contributed by atoms with Gasteiger partial charge in [0.05, 0.1) is 11.6 Å². The first kappa shape index (κ1) is 14.0. The minimum absolute atomic E-state index is 0.946. The Morgan fingerprint density at radius 1 is 1.25 bits per heavy atom. The Balaban J connectivity index is 2.77. The number of aryl methyl sites for hydroxylation is 1. The number of benzene rings is 1. The Morgan fingerprint density at radius 3 is 2.50 bits per heavy atom. The summed E-state index contributed by atoms with van der Waals surface area (Å²) in [6.45, 7) is 1.09. The fourth-order valence-electron chi connectivity index (χ4n) is 1.61. The maximum absolute atomic E-state index is 5.41. The molecule has 0 atom stereocenters. The summed E-state index contributed by atoms with van der Waals surface area (Å²) in [5, 5.41) is 0. The van der Waals surface area contributed by atoms with Crippen molar-refractivity contribution < 1.29 is 4.74 Å². The molecule has 0 aliphatic heterocycles. The Bertz CT molecular complexity index is 353. The van der Waals surface area contributed by atoms with E-state index >= 15 is 0 Å². The van der Waals surface area contributed by atoms with Crippen molar-refractivity contribution in [1.29, 1.82) is 0 Å².